The third-order valence-electron chi connectivity index (χ3n) is 4.03. The van der Waals surface area contributed by atoms with E-state index >= 15 is 0 Å². The average Bonchev–Trinajstić information content (AvgIpc) is 2.37. The molecule has 1 fully saturated rings. The van der Waals surface area contributed by atoms with Crippen LogP contribution in [0.5, 0.6) is 0 Å². The largest absolute Gasteiger partial charge is 0.340 e. The number of carbonyl (C=O) groups excluding carboxylic acids is 1. The van der Waals surface area contributed by atoms with E-state index in [2.05, 4.69) is 25.7 Å². The Labute approximate surface area is 124 Å². The van der Waals surface area contributed by atoms with Gasteiger partial charge in [-0.25, -0.2) is 0 Å². The minimum absolute atomic E-state index is 0.144. The number of piperazine rings is 1. The fraction of sp³-hybridized carbons (Fsp3) is 0.938. The normalized spacial score (nSPS) is 20.2. The number of nitrogens with zero attached hydrogens (tertiary/aromatic N) is 2. The van der Waals surface area contributed by atoms with Gasteiger partial charge in [-0.2, -0.15) is 0 Å². The highest BCUT2D eigenvalue weighted by molar-refractivity contribution is 5.78. The van der Waals surface area contributed by atoms with Crippen molar-refractivity contribution in [1.82, 2.24) is 9.80 Å². The van der Waals surface area contributed by atoms with Crippen molar-refractivity contribution in [2.24, 2.45) is 17.6 Å². The molecule has 2 unspecified atom stereocenters. The van der Waals surface area contributed by atoms with Gasteiger partial charge < -0.3 is 10.6 Å². The lowest BCUT2D eigenvalue weighted by molar-refractivity contribution is -0.137. The van der Waals surface area contributed by atoms with Crippen molar-refractivity contribution < 1.29 is 4.79 Å². The number of amides is 1. The van der Waals surface area contributed by atoms with Crippen molar-refractivity contribution in [2.45, 2.75) is 53.0 Å². The van der Waals surface area contributed by atoms with Gasteiger partial charge in [0.25, 0.3) is 0 Å². The van der Waals surface area contributed by atoms with Crippen molar-refractivity contribution in [3.63, 3.8) is 0 Å². The fourth-order valence-electron chi connectivity index (χ4n) is 2.85. The maximum absolute atomic E-state index is 12.4. The average molecular weight is 283 g/mol. The molecule has 20 heavy (non-hydrogen) atoms. The molecule has 1 aliphatic rings. The summed E-state index contributed by atoms with van der Waals surface area (Å²) >= 11 is 0. The van der Waals surface area contributed by atoms with Gasteiger partial charge in [-0.1, -0.05) is 27.2 Å². The molecule has 0 radical (unpaired) electrons. The van der Waals surface area contributed by atoms with Crippen molar-refractivity contribution in [3.05, 3.63) is 0 Å². The van der Waals surface area contributed by atoms with Crippen LogP contribution >= 0.6 is 0 Å². The molecule has 0 spiro atoms. The van der Waals surface area contributed by atoms with Crippen LogP contribution in [0.1, 0.15) is 47.0 Å². The first-order valence-corrected chi connectivity index (χ1v) is 8.17. The van der Waals surface area contributed by atoms with Crippen molar-refractivity contribution in [3.8, 4) is 0 Å². The summed E-state index contributed by atoms with van der Waals surface area (Å²) in [6, 6.07) is 0.247. The van der Waals surface area contributed by atoms with Crippen LogP contribution in [0, 0.1) is 11.8 Å². The van der Waals surface area contributed by atoms with E-state index < -0.39 is 0 Å². The highest BCUT2D eigenvalue weighted by Crippen LogP contribution is 2.14. The Hall–Kier alpha value is -0.610. The van der Waals surface area contributed by atoms with Gasteiger partial charge in [-0.15, -0.1) is 0 Å². The Kier molecular flexibility index (Phi) is 7.52. The van der Waals surface area contributed by atoms with E-state index in [9.17, 15) is 4.79 Å². The van der Waals surface area contributed by atoms with Crippen molar-refractivity contribution in [2.75, 3.05) is 32.7 Å². The topological polar surface area (TPSA) is 49.6 Å². The minimum Gasteiger partial charge on any atom is -0.340 e. The number of rotatable bonds is 7. The SMILES string of the molecule is CC(C)CN1CCN(C(=O)C(C)CCCC(C)N)CC1. The lowest BCUT2D eigenvalue weighted by Gasteiger charge is -2.36. The van der Waals surface area contributed by atoms with Gasteiger partial charge in [0, 0.05) is 44.7 Å². The van der Waals surface area contributed by atoms with Crippen LogP contribution in [0.15, 0.2) is 0 Å². The van der Waals surface area contributed by atoms with E-state index in [4.69, 9.17) is 5.73 Å². The quantitative estimate of drug-likeness (QED) is 0.777. The Balaban J connectivity index is 2.27. The molecule has 2 N–H and O–H groups in total. The summed E-state index contributed by atoms with van der Waals surface area (Å²) in [7, 11) is 0. The fourth-order valence-corrected chi connectivity index (χ4v) is 2.85. The molecule has 0 aliphatic carbocycles. The summed E-state index contributed by atoms with van der Waals surface area (Å²) in [5.74, 6) is 1.18. The Bertz CT molecular complexity index is 283. The Morgan fingerprint density at radius 3 is 2.15 bits per heavy atom. The summed E-state index contributed by atoms with van der Waals surface area (Å²) in [4.78, 5) is 16.9. The predicted molar refractivity (Wildman–Crippen MR) is 84.5 cm³/mol. The van der Waals surface area contributed by atoms with Gasteiger partial charge in [-0.3, -0.25) is 9.69 Å². The molecular weight excluding hydrogens is 250 g/mol. The lowest BCUT2D eigenvalue weighted by atomic mass is 10.0. The molecule has 1 aliphatic heterocycles. The van der Waals surface area contributed by atoms with Gasteiger partial charge in [0.05, 0.1) is 0 Å². The smallest absolute Gasteiger partial charge is 0.225 e. The van der Waals surface area contributed by atoms with Crippen LogP contribution < -0.4 is 5.73 Å². The van der Waals surface area contributed by atoms with Crippen LogP contribution in [0.3, 0.4) is 0 Å². The van der Waals surface area contributed by atoms with Crippen LogP contribution in [0.4, 0.5) is 0 Å². The second kappa shape index (κ2) is 8.63. The predicted octanol–water partition coefficient (Wildman–Crippen LogP) is 1.94. The first-order valence-electron chi connectivity index (χ1n) is 8.17. The zero-order chi connectivity index (χ0) is 15.1. The summed E-state index contributed by atoms with van der Waals surface area (Å²) in [6.45, 7) is 13.6. The van der Waals surface area contributed by atoms with Crippen LogP contribution in [0.25, 0.3) is 0 Å². The molecule has 0 aromatic rings. The maximum atomic E-state index is 12.4. The number of hydrogen-bond acceptors (Lipinski definition) is 3. The molecule has 2 atom stereocenters. The third kappa shape index (κ3) is 6.23. The second-order valence-electron chi connectivity index (χ2n) is 6.83. The van der Waals surface area contributed by atoms with Gasteiger partial charge in [-0.05, 0) is 25.7 Å². The zero-order valence-electron chi connectivity index (χ0n) is 13.8. The molecule has 4 nitrogen and oxygen atoms in total. The molecular formula is C16H33N3O. The Morgan fingerprint density at radius 2 is 1.65 bits per heavy atom. The summed E-state index contributed by atoms with van der Waals surface area (Å²) in [5.41, 5.74) is 5.75. The molecule has 1 heterocycles. The van der Waals surface area contributed by atoms with Crippen LogP contribution in [0.2, 0.25) is 0 Å². The third-order valence-corrected chi connectivity index (χ3v) is 4.03. The summed E-state index contributed by atoms with van der Waals surface area (Å²) in [6.07, 6.45) is 3.03. The van der Waals surface area contributed by atoms with Crippen molar-refractivity contribution in [1.29, 1.82) is 0 Å². The monoisotopic (exact) mass is 283 g/mol. The highest BCUT2D eigenvalue weighted by Gasteiger charge is 2.24. The molecule has 4 heteroatoms. The van der Waals surface area contributed by atoms with Gasteiger partial charge in [0.1, 0.15) is 0 Å². The van der Waals surface area contributed by atoms with Crippen molar-refractivity contribution >= 4 is 5.91 Å². The van der Waals surface area contributed by atoms with Crippen LogP contribution in [-0.2, 0) is 4.79 Å². The van der Waals surface area contributed by atoms with E-state index in [0.29, 0.717) is 11.8 Å². The van der Waals surface area contributed by atoms with E-state index in [1.807, 2.05) is 11.8 Å². The molecule has 1 amide bonds. The summed E-state index contributed by atoms with van der Waals surface area (Å²) < 4.78 is 0. The first-order chi connectivity index (χ1) is 9.40. The minimum atomic E-state index is 0.144. The molecule has 0 saturated carbocycles. The number of nitrogens with two attached hydrogens (primary N) is 1. The van der Waals surface area contributed by atoms with E-state index in [0.717, 1.165) is 52.0 Å². The molecule has 118 valence electrons. The maximum Gasteiger partial charge on any atom is 0.225 e. The number of hydrogen-bond donors (Lipinski definition) is 1. The number of carbonyl (C=O) groups is 1. The zero-order valence-corrected chi connectivity index (χ0v) is 13.8. The van der Waals surface area contributed by atoms with E-state index in [-0.39, 0.29) is 12.0 Å². The second-order valence-corrected chi connectivity index (χ2v) is 6.83. The Morgan fingerprint density at radius 1 is 1.05 bits per heavy atom. The van der Waals surface area contributed by atoms with E-state index in [1.165, 1.54) is 0 Å². The molecule has 0 bridgehead atoms. The molecule has 1 rings (SSSR count). The summed E-state index contributed by atoms with van der Waals surface area (Å²) in [5, 5.41) is 0. The molecule has 0 aromatic carbocycles. The lowest BCUT2D eigenvalue weighted by Crippen LogP contribution is -2.50. The molecule has 0 aromatic heterocycles. The molecule has 1 saturated heterocycles. The highest BCUT2D eigenvalue weighted by atomic mass is 16.2. The van der Waals surface area contributed by atoms with Gasteiger partial charge in [0.15, 0.2) is 0 Å². The van der Waals surface area contributed by atoms with E-state index in [1.54, 1.807) is 0 Å². The standard InChI is InChI=1S/C16H33N3O/c1-13(2)12-18-8-10-19(11-9-18)16(20)14(3)6-5-7-15(4)17/h13-15H,5-12,17H2,1-4H3. The first kappa shape index (κ1) is 17.4. The van der Waals surface area contributed by atoms with Gasteiger partial charge >= 0.3 is 0 Å². The van der Waals surface area contributed by atoms with Crippen LogP contribution in [-0.4, -0.2) is 54.5 Å². The van der Waals surface area contributed by atoms with Gasteiger partial charge in [0.2, 0.25) is 5.91 Å².